The zero-order valence-corrected chi connectivity index (χ0v) is 9.77. The Kier molecular flexibility index (Phi) is 3.26. The van der Waals surface area contributed by atoms with Gasteiger partial charge < -0.3 is 10.1 Å². The monoisotopic (exact) mass is 236 g/mol. The molecule has 5 nitrogen and oxygen atoms in total. The van der Waals surface area contributed by atoms with Gasteiger partial charge in [0.15, 0.2) is 0 Å². The molecule has 1 aliphatic rings. The molecular formula is C12H16N2O3. The van der Waals surface area contributed by atoms with Crippen molar-refractivity contribution in [3.8, 4) is 0 Å². The maximum atomic E-state index is 11.5. The molecule has 1 aromatic rings. The summed E-state index contributed by atoms with van der Waals surface area (Å²) in [5.74, 6) is -0.708. The zero-order valence-electron chi connectivity index (χ0n) is 9.77. The minimum Gasteiger partial charge on any atom is -0.481 e. The first kappa shape index (κ1) is 11.8. The van der Waals surface area contributed by atoms with Gasteiger partial charge in [0.2, 0.25) is 0 Å². The third-order valence-corrected chi connectivity index (χ3v) is 3.59. The van der Waals surface area contributed by atoms with Crippen LogP contribution < -0.4 is 5.56 Å². The van der Waals surface area contributed by atoms with Gasteiger partial charge in [0.1, 0.15) is 0 Å². The Morgan fingerprint density at radius 2 is 2.06 bits per heavy atom. The molecule has 2 N–H and O–H groups in total. The van der Waals surface area contributed by atoms with Crippen LogP contribution in [0, 0.1) is 12.8 Å². The molecule has 0 aliphatic heterocycles. The van der Waals surface area contributed by atoms with Crippen LogP contribution in [-0.4, -0.2) is 21.0 Å². The first-order valence-electron chi connectivity index (χ1n) is 5.86. The van der Waals surface area contributed by atoms with Crippen LogP contribution in [0.3, 0.4) is 0 Å². The number of H-pyrrole nitrogens is 1. The molecule has 0 amide bonds. The van der Waals surface area contributed by atoms with E-state index in [4.69, 9.17) is 5.11 Å². The van der Waals surface area contributed by atoms with Gasteiger partial charge in [-0.25, -0.2) is 4.98 Å². The van der Waals surface area contributed by atoms with Gasteiger partial charge in [-0.2, -0.15) is 0 Å². The fraction of sp³-hybridized carbons (Fsp3) is 0.583. The SMILES string of the molecule is Cc1c(C2CCC(C(=O)O)CC2)nc[nH]c1=O. The van der Waals surface area contributed by atoms with Gasteiger partial charge in [0.05, 0.1) is 17.9 Å². The van der Waals surface area contributed by atoms with Crippen molar-refractivity contribution >= 4 is 5.97 Å². The van der Waals surface area contributed by atoms with E-state index in [9.17, 15) is 9.59 Å². The first-order valence-corrected chi connectivity index (χ1v) is 5.86. The number of aromatic amines is 1. The molecule has 0 unspecified atom stereocenters. The number of hydrogen-bond donors (Lipinski definition) is 2. The summed E-state index contributed by atoms with van der Waals surface area (Å²) in [6.45, 7) is 1.77. The van der Waals surface area contributed by atoms with E-state index in [0.717, 1.165) is 18.5 Å². The summed E-state index contributed by atoms with van der Waals surface area (Å²) in [7, 11) is 0. The van der Waals surface area contributed by atoms with Crippen LogP contribution in [0.4, 0.5) is 0 Å². The average Bonchev–Trinajstić information content (AvgIpc) is 2.33. The van der Waals surface area contributed by atoms with Crippen molar-refractivity contribution in [3.63, 3.8) is 0 Å². The second-order valence-corrected chi connectivity index (χ2v) is 4.63. The second kappa shape index (κ2) is 4.69. The Morgan fingerprint density at radius 3 is 2.65 bits per heavy atom. The van der Waals surface area contributed by atoms with Crippen LogP contribution in [0.25, 0.3) is 0 Å². The van der Waals surface area contributed by atoms with E-state index >= 15 is 0 Å². The molecule has 2 rings (SSSR count). The topological polar surface area (TPSA) is 83.0 Å². The van der Waals surface area contributed by atoms with Crippen molar-refractivity contribution in [2.24, 2.45) is 5.92 Å². The molecule has 1 heterocycles. The van der Waals surface area contributed by atoms with Gasteiger partial charge in [-0.3, -0.25) is 9.59 Å². The van der Waals surface area contributed by atoms with E-state index in [0.29, 0.717) is 18.4 Å². The molecule has 0 radical (unpaired) electrons. The zero-order chi connectivity index (χ0) is 12.4. The fourth-order valence-electron chi connectivity index (χ4n) is 2.51. The van der Waals surface area contributed by atoms with E-state index in [1.54, 1.807) is 6.92 Å². The molecule has 1 aromatic heterocycles. The predicted molar refractivity (Wildman–Crippen MR) is 61.9 cm³/mol. The molecule has 0 atom stereocenters. The normalized spacial score (nSPS) is 24.5. The van der Waals surface area contributed by atoms with Gasteiger partial charge in [0.25, 0.3) is 5.56 Å². The van der Waals surface area contributed by atoms with Crippen LogP contribution in [0.2, 0.25) is 0 Å². The molecule has 0 saturated heterocycles. The van der Waals surface area contributed by atoms with Crippen molar-refractivity contribution in [1.82, 2.24) is 9.97 Å². The molecule has 17 heavy (non-hydrogen) atoms. The molecule has 5 heteroatoms. The third kappa shape index (κ3) is 2.38. The van der Waals surface area contributed by atoms with Gasteiger partial charge in [0, 0.05) is 11.5 Å². The van der Waals surface area contributed by atoms with E-state index in [1.807, 2.05) is 0 Å². The second-order valence-electron chi connectivity index (χ2n) is 4.63. The lowest BCUT2D eigenvalue weighted by atomic mass is 9.79. The van der Waals surface area contributed by atoms with Crippen molar-refractivity contribution in [2.45, 2.75) is 38.5 Å². The Hall–Kier alpha value is -1.65. The lowest BCUT2D eigenvalue weighted by Crippen LogP contribution is -2.23. The Balaban J connectivity index is 2.13. The van der Waals surface area contributed by atoms with Crippen LogP contribution in [0.5, 0.6) is 0 Å². The summed E-state index contributed by atoms with van der Waals surface area (Å²) in [5, 5.41) is 8.92. The Morgan fingerprint density at radius 1 is 1.41 bits per heavy atom. The number of rotatable bonds is 2. The van der Waals surface area contributed by atoms with Crippen LogP contribution in [0.1, 0.15) is 42.9 Å². The highest BCUT2D eigenvalue weighted by atomic mass is 16.4. The number of carboxylic acid groups (broad SMARTS) is 1. The molecular weight excluding hydrogens is 220 g/mol. The minimum atomic E-state index is -0.709. The fourth-order valence-corrected chi connectivity index (χ4v) is 2.51. The average molecular weight is 236 g/mol. The van der Waals surface area contributed by atoms with E-state index in [2.05, 4.69) is 9.97 Å². The molecule has 1 fully saturated rings. The summed E-state index contributed by atoms with van der Waals surface area (Å²) in [4.78, 5) is 29.1. The molecule has 0 spiro atoms. The number of carbonyl (C=O) groups is 1. The Bertz CT molecular complexity index is 473. The number of nitrogens with one attached hydrogen (secondary N) is 1. The van der Waals surface area contributed by atoms with E-state index in [1.165, 1.54) is 6.33 Å². The van der Waals surface area contributed by atoms with Crippen LogP contribution in [0.15, 0.2) is 11.1 Å². The number of hydrogen-bond acceptors (Lipinski definition) is 3. The van der Waals surface area contributed by atoms with Crippen LogP contribution >= 0.6 is 0 Å². The smallest absolute Gasteiger partial charge is 0.306 e. The third-order valence-electron chi connectivity index (χ3n) is 3.59. The quantitative estimate of drug-likeness (QED) is 0.813. The lowest BCUT2D eigenvalue weighted by molar-refractivity contribution is -0.142. The number of aromatic nitrogens is 2. The minimum absolute atomic E-state index is 0.102. The maximum Gasteiger partial charge on any atom is 0.306 e. The van der Waals surface area contributed by atoms with E-state index in [-0.39, 0.29) is 17.4 Å². The molecule has 1 saturated carbocycles. The number of carboxylic acids is 1. The highest BCUT2D eigenvalue weighted by molar-refractivity contribution is 5.70. The van der Waals surface area contributed by atoms with Gasteiger partial charge in [-0.15, -0.1) is 0 Å². The van der Waals surface area contributed by atoms with Gasteiger partial charge in [-0.1, -0.05) is 0 Å². The summed E-state index contributed by atoms with van der Waals surface area (Å²) in [5.41, 5.74) is 1.39. The number of aliphatic carboxylic acids is 1. The number of nitrogens with zero attached hydrogens (tertiary/aromatic N) is 1. The maximum absolute atomic E-state index is 11.5. The van der Waals surface area contributed by atoms with Crippen molar-refractivity contribution in [3.05, 3.63) is 27.9 Å². The molecule has 0 bridgehead atoms. The first-order chi connectivity index (χ1) is 8.09. The predicted octanol–water partition coefficient (Wildman–Crippen LogP) is 1.44. The highest BCUT2D eigenvalue weighted by Gasteiger charge is 2.28. The summed E-state index contributed by atoms with van der Waals surface area (Å²) >= 11 is 0. The largest absolute Gasteiger partial charge is 0.481 e. The molecule has 0 aromatic carbocycles. The van der Waals surface area contributed by atoms with Crippen LogP contribution in [-0.2, 0) is 4.79 Å². The molecule has 1 aliphatic carbocycles. The lowest BCUT2D eigenvalue weighted by Gasteiger charge is -2.26. The Labute approximate surface area is 98.9 Å². The summed E-state index contributed by atoms with van der Waals surface area (Å²) < 4.78 is 0. The van der Waals surface area contributed by atoms with Crippen molar-refractivity contribution in [1.29, 1.82) is 0 Å². The standard InChI is InChI=1S/C12H16N2O3/c1-7-10(13-6-14-11(7)15)8-2-4-9(5-3-8)12(16)17/h6,8-9H,2-5H2,1H3,(H,16,17)(H,13,14,15). The van der Waals surface area contributed by atoms with Crippen molar-refractivity contribution < 1.29 is 9.90 Å². The van der Waals surface area contributed by atoms with Gasteiger partial charge in [-0.05, 0) is 32.6 Å². The van der Waals surface area contributed by atoms with E-state index < -0.39 is 5.97 Å². The van der Waals surface area contributed by atoms with Gasteiger partial charge >= 0.3 is 5.97 Å². The highest BCUT2D eigenvalue weighted by Crippen LogP contribution is 2.35. The summed E-state index contributed by atoms with van der Waals surface area (Å²) in [6.07, 6.45) is 4.37. The summed E-state index contributed by atoms with van der Waals surface area (Å²) in [6, 6.07) is 0. The van der Waals surface area contributed by atoms with Crippen molar-refractivity contribution in [2.75, 3.05) is 0 Å². The molecule has 92 valence electrons.